The average molecular weight is 281 g/mol. The Hall–Kier alpha value is -2.15. The minimum atomic E-state index is -3.77. The fourth-order valence-electron chi connectivity index (χ4n) is 1.53. The smallest absolute Gasteiger partial charge is 0.265 e. The average Bonchev–Trinajstić information content (AvgIpc) is 2.41. The first kappa shape index (κ1) is 13.3. The van der Waals surface area contributed by atoms with Gasteiger partial charge in [0.2, 0.25) is 0 Å². The van der Waals surface area contributed by atoms with Crippen LogP contribution in [0.15, 0.2) is 47.6 Å². The van der Waals surface area contributed by atoms with Gasteiger partial charge in [0.15, 0.2) is 0 Å². The van der Waals surface area contributed by atoms with Gasteiger partial charge in [-0.1, -0.05) is 0 Å². The van der Waals surface area contributed by atoms with Gasteiger partial charge in [-0.3, -0.25) is 9.71 Å². The normalized spacial score (nSPS) is 11.1. The van der Waals surface area contributed by atoms with Crippen LogP contribution in [0.5, 0.6) is 0 Å². The van der Waals surface area contributed by atoms with E-state index in [1.807, 2.05) is 0 Å². The lowest BCUT2D eigenvalue weighted by molar-refractivity contribution is 0.601. The molecule has 1 aromatic carbocycles. The van der Waals surface area contributed by atoms with E-state index in [0.717, 1.165) is 0 Å². The summed E-state index contributed by atoms with van der Waals surface area (Å²) in [6.07, 6.45) is 2.74. The molecule has 1 aromatic heterocycles. The molecular formula is C12H12FN3O2S. The molecule has 19 heavy (non-hydrogen) atoms. The zero-order chi connectivity index (χ0) is 13.9. The van der Waals surface area contributed by atoms with Crippen LogP contribution in [-0.2, 0) is 10.0 Å². The lowest BCUT2D eigenvalue weighted by atomic mass is 10.3. The zero-order valence-corrected chi connectivity index (χ0v) is 10.9. The predicted molar refractivity (Wildman–Crippen MR) is 71.0 cm³/mol. The van der Waals surface area contributed by atoms with Crippen molar-refractivity contribution in [1.29, 1.82) is 0 Å². The lowest BCUT2D eigenvalue weighted by Crippen LogP contribution is -2.15. The first-order chi connectivity index (χ1) is 9.03. The molecule has 2 N–H and O–H groups in total. The van der Waals surface area contributed by atoms with Crippen molar-refractivity contribution in [2.75, 3.05) is 17.1 Å². The maximum atomic E-state index is 12.8. The van der Waals surface area contributed by atoms with Gasteiger partial charge in [-0.25, -0.2) is 12.8 Å². The highest BCUT2D eigenvalue weighted by atomic mass is 32.2. The summed E-state index contributed by atoms with van der Waals surface area (Å²) >= 11 is 0. The molecule has 7 heteroatoms. The molecule has 1 heterocycles. The van der Waals surface area contributed by atoms with Gasteiger partial charge < -0.3 is 5.32 Å². The summed E-state index contributed by atoms with van der Waals surface area (Å²) in [5, 5.41) is 2.78. The van der Waals surface area contributed by atoms with E-state index in [2.05, 4.69) is 15.0 Å². The van der Waals surface area contributed by atoms with Crippen LogP contribution in [0.2, 0.25) is 0 Å². The molecule has 0 saturated heterocycles. The quantitative estimate of drug-likeness (QED) is 0.900. The molecule has 0 aliphatic heterocycles. The van der Waals surface area contributed by atoms with Crippen molar-refractivity contribution < 1.29 is 12.8 Å². The number of pyridine rings is 1. The van der Waals surface area contributed by atoms with E-state index in [9.17, 15) is 12.8 Å². The third kappa shape index (κ3) is 3.00. The van der Waals surface area contributed by atoms with Crippen LogP contribution >= 0.6 is 0 Å². The Morgan fingerprint density at radius 3 is 2.47 bits per heavy atom. The molecule has 0 aliphatic rings. The number of hydrogen-bond acceptors (Lipinski definition) is 4. The van der Waals surface area contributed by atoms with Gasteiger partial charge in [0.05, 0.1) is 5.69 Å². The van der Waals surface area contributed by atoms with Gasteiger partial charge in [-0.05, 0) is 30.3 Å². The van der Waals surface area contributed by atoms with Crippen LogP contribution in [0.4, 0.5) is 15.8 Å². The van der Waals surface area contributed by atoms with Crippen molar-refractivity contribution in [3.05, 3.63) is 48.5 Å². The lowest BCUT2D eigenvalue weighted by Gasteiger charge is -2.11. The summed E-state index contributed by atoms with van der Waals surface area (Å²) in [7, 11) is -2.15. The Labute approximate surface area is 110 Å². The number of sulfonamides is 1. The summed E-state index contributed by atoms with van der Waals surface area (Å²) in [5.41, 5.74) is 0.719. The first-order valence-electron chi connectivity index (χ1n) is 5.43. The standard InChI is InChI=1S/C12H12FN3O2S/c1-14-11-6-7-15-8-12(11)19(17,18)16-10-4-2-9(13)3-5-10/h2-8,16H,1H3,(H,14,15). The number of nitrogens with one attached hydrogen (secondary N) is 2. The second-order valence-electron chi connectivity index (χ2n) is 3.73. The Morgan fingerprint density at radius 2 is 1.84 bits per heavy atom. The molecular weight excluding hydrogens is 269 g/mol. The highest BCUT2D eigenvalue weighted by molar-refractivity contribution is 7.92. The van der Waals surface area contributed by atoms with Gasteiger partial charge in [-0.15, -0.1) is 0 Å². The Bertz CT molecular complexity index is 672. The third-order valence-corrected chi connectivity index (χ3v) is 3.85. The number of rotatable bonds is 4. The van der Waals surface area contributed by atoms with E-state index in [1.54, 1.807) is 13.1 Å². The molecule has 0 bridgehead atoms. The Kier molecular flexibility index (Phi) is 3.66. The van der Waals surface area contributed by atoms with Crippen LogP contribution in [0.3, 0.4) is 0 Å². The topological polar surface area (TPSA) is 71.1 Å². The number of halogens is 1. The van der Waals surface area contributed by atoms with E-state index in [1.165, 1.54) is 36.7 Å². The van der Waals surface area contributed by atoms with Crippen molar-refractivity contribution in [1.82, 2.24) is 4.98 Å². The molecule has 0 amide bonds. The molecule has 0 radical (unpaired) electrons. The maximum absolute atomic E-state index is 12.8. The summed E-state index contributed by atoms with van der Waals surface area (Å²) in [5.74, 6) is -0.430. The SMILES string of the molecule is CNc1ccncc1S(=O)(=O)Nc1ccc(F)cc1. The molecule has 2 rings (SSSR count). The van der Waals surface area contributed by atoms with Gasteiger partial charge in [0, 0.05) is 25.1 Å². The molecule has 5 nitrogen and oxygen atoms in total. The minimum Gasteiger partial charge on any atom is -0.387 e. The molecule has 0 aliphatic carbocycles. The van der Waals surface area contributed by atoms with Gasteiger partial charge in [-0.2, -0.15) is 0 Å². The Balaban J connectivity index is 2.35. The highest BCUT2D eigenvalue weighted by Crippen LogP contribution is 2.22. The van der Waals surface area contributed by atoms with Crippen LogP contribution in [0.25, 0.3) is 0 Å². The maximum Gasteiger partial charge on any atom is 0.265 e. The summed E-state index contributed by atoms with van der Waals surface area (Å²) in [6.45, 7) is 0. The summed E-state index contributed by atoms with van der Waals surface area (Å²) in [4.78, 5) is 3.83. The predicted octanol–water partition coefficient (Wildman–Crippen LogP) is 2.06. The molecule has 100 valence electrons. The first-order valence-corrected chi connectivity index (χ1v) is 6.91. The Morgan fingerprint density at radius 1 is 1.16 bits per heavy atom. The third-order valence-electron chi connectivity index (χ3n) is 2.44. The van der Waals surface area contributed by atoms with Crippen LogP contribution < -0.4 is 10.0 Å². The molecule has 2 aromatic rings. The molecule has 0 atom stereocenters. The van der Waals surface area contributed by atoms with E-state index >= 15 is 0 Å². The number of benzene rings is 1. The number of nitrogens with zero attached hydrogens (tertiary/aromatic N) is 1. The van der Waals surface area contributed by atoms with Crippen molar-refractivity contribution in [3.8, 4) is 0 Å². The number of anilines is 2. The van der Waals surface area contributed by atoms with Crippen LogP contribution in [-0.4, -0.2) is 20.4 Å². The molecule has 0 unspecified atom stereocenters. The van der Waals surface area contributed by atoms with Crippen LogP contribution in [0, 0.1) is 5.82 Å². The molecule has 0 saturated carbocycles. The highest BCUT2D eigenvalue weighted by Gasteiger charge is 2.18. The minimum absolute atomic E-state index is 0.0295. The van der Waals surface area contributed by atoms with Crippen molar-refractivity contribution in [2.45, 2.75) is 4.90 Å². The fraction of sp³-hybridized carbons (Fsp3) is 0.0833. The van der Waals surface area contributed by atoms with E-state index in [-0.39, 0.29) is 10.6 Å². The van der Waals surface area contributed by atoms with Crippen LogP contribution in [0.1, 0.15) is 0 Å². The van der Waals surface area contributed by atoms with Crippen molar-refractivity contribution in [3.63, 3.8) is 0 Å². The molecule has 0 spiro atoms. The van der Waals surface area contributed by atoms with Crippen molar-refractivity contribution >= 4 is 21.4 Å². The van der Waals surface area contributed by atoms with E-state index < -0.39 is 15.8 Å². The van der Waals surface area contributed by atoms with Gasteiger partial charge in [0.1, 0.15) is 10.7 Å². The second kappa shape index (κ2) is 5.23. The number of aromatic nitrogens is 1. The molecule has 0 fully saturated rings. The van der Waals surface area contributed by atoms with E-state index in [0.29, 0.717) is 5.69 Å². The van der Waals surface area contributed by atoms with E-state index in [4.69, 9.17) is 0 Å². The van der Waals surface area contributed by atoms with Gasteiger partial charge >= 0.3 is 0 Å². The second-order valence-corrected chi connectivity index (χ2v) is 5.39. The monoisotopic (exact) mass is 281 g/mol. The summed E-state index contributed by atoms with van der Waals surface area (Å²) in [6, 6.07) is 6.62. The van der Waals surface area contributed by atoms with Crippen molar-refractivity contribution in [2.24, 2.45) is 0 Å². The van der Waals surface area contributed by atoms with Gasteiger partial charge in [0.25, 0.3) is 10.0 Å². The zero-order valence-electron chi connectivity index (χ0n) is 10.1. The number of hydrogen-bond donors (Lipinski definition) is 2. The largest absolute Gasteiger partial charge is 0.387 e. The summed E-state index contributed by atoms with van der Waals surface area (Å²) < 4.78 is 39.5. The fourth-order valence-corrected chi connectivity index (χ4v) is 2.74.